The van der Waals surface area contributed by atoms with Gasteiger partial charge in [-0.15, -0.1) is 0 Å². The average molecular weight is 342 g/mol. The summed E-state index contributed by atoms with van der Waals surface area (Å²) in [5.41, 5.74) is 0. The summed E-state index contributed by atoms with van der Waals surface area (Å²) in [6.07, 6.45) is 6.95. The van der Waals surface area contributed by atoms with Gasteiger partial charge >= 0.3 is 0 Å². The molecule has 1 heterocycles. The van der Waals surface area contributed by atoms with Gasteiger partial charge in [-0.3, -0.25) is 0 Å². The molecule has 1 aliphatic heterocycles. The summed E-state index contributed by atoms with van der Waals surface area (Å²) in [6, 6.07) is 9.05. The Morgan fingerprint density at radius 2 is 1.84 bits per heavy atom. The van der Waals surface area contributed by atoms with Crippen LogP contribution < -0.4 is 0 Å². The quantitative estimate of drug-likeness (QED) is 0.471. The van der Waals surface area contributed by atoms with E-state index in [9.17, 15) is 8.42 Å². The van der Waals surface area contributed by atoms with E-state index in [2.05, 4.69) is 28.1 Å². The smallest absolute Gasteiger partial charge is 0.207 e. The predicted octanol–water partition coefficient (Wildman–Crippen LogP) is 2.93. The molecule has 1 saturated heterocycles. The number of sulfonamides is 1. The zero-order chi connectivity index (χ0) is 13.5. The highest BCUT2D eigenvalue weighted by Gasteiger charge is 2.54. The number of fused-ring (bicyclic) bond motifs is 1. The van der Waals surface area contributed by atoms with E-state index in [1.165, 1.54) is 0 Å². The molecule has 3 nitrogen and oxygen atoms in total. The zero-order valence-electron chi connectivity index (χ0n) is 10.4. The Kier molecular flexibility index (Phi) is 3.53. The standard InChI is InChI=1S/C14H16BrNO2S/c15-11-5-4-8-13-14(10-9-11)16(13)19(17,18)12-6-2-1-3-7-12/h1-7,11,13-14H,8-10H2/t11-,13-,14+,16?/m0/s1. The van der Waals surface area contributed by atoms with Crippen LogP contribution in [-0.2, 0) is 10.0 Å². The van der Waals surface area contributed by atoms with Crippen LogP contribution in [0.15, 0.2) is 47.4 Å². The molecule has 5 heteroatoms. The van der Waals surface area contributed by atoms with Gasteiger partial charge < -0.3 is 0 Å². The fourth-order valence-electron chi connectivity index (χ4n) is 2.75. The lowest BCUT2D eigenvalue weighted by Gasteiger charge is -2.06. The molecule has 102 valence electrons. The van der Waals surface area contributed by atoms with Gasteiger partial charge in [0, 0.05) is 16.9 Å². The third-order valence-electron chi connectivity index (χ3n) is 3.79. The molecule has 4 atom stereocenters. The Morgan fingerprint density at radius 3 is 2.58 bits per heavy atom. The fourth-order valence-corrected chi connectivity index (χ4v) is 5.11. The summed E-state index contributed by atoms with van der Waals surface area (Å²) in [7, 11) is -3.31. The Hall–Kier alpha value is -0.650. The number of rotatable bonds is 2. The van der Waals surface area contributed by atoms with Crippen molar-refractivity contribution in [2.24, 2.45) is 0 Å². The van der Waals surface area contributed by atoms with Crippen LogP contribution in [0.1, 0.15) is 19.3 Å². The van der Waals surface area contributed by atoms with Crippen molar-refractivity contribution in [3.63, 3.8) is 0 Å². The molecule has 0 amide bonds. The van der Waals surface area contributed by atoms with E-state index in [0.717, 1.165) is 19.3 Å². The maximum atomic E-state index is 12.6. The van der Waals surface area contributed by atoms with Crippen molar-refractivity contribution >= 4 is 26.0 Å². The summed E-state index contributed by atoms with van der Waals surface area (Å²) < 4.78 is 26.8. The second-order valence-corrected chi connectivity index (χ2v) is 8.06. The first-order valence-corrected chi connectivity index (χ1v) is 8.85. The molecule has 0 radical (unpaired) electrons. The van der Waals surface area contributed by atoms with Crippen LogP contribution in [0.3, 0.4) is 0 Å². The maximum Gasteiger partial charge on any atom is 0.243 e. The van der Waals surface area contributed by atoms with Crippen LogP contribution in [0.4, 0.5) is 0 Å². The lowest BCUT2D eigenvalue weighted by molar-refractivity contribution is 0.540. The molecular weight excluding hydrogens is 326 g/mol. The molecule has 0 saturated carbocycles. The van der Waals surface area contributed by atoms with Gasteiger partial charge in [-0.25, -0.2) is 8.42 Å². The molecule has 1 fully saturated rings. The second kappa shape index (κ2) is 5.04. The Balaban J connectivity index is 1.84. The summed E-state index contributed by atoms with van der Waals surface area (Å²) in [5.74, 6) is 0. The first kappa shape index (κ1) is 13.3. The van der Waals surface area contributed by atoms with Gasteiger partial charge in [-0.1, -0.05) is 46.3 Å². The molecule has 1 unspecified atom stereocenters. The van der Waals surface area contributed by atoms with Crippen molar-refractivity contribution in [3.8, 4) is 0 Å². The second-order valence-electron chi connectivity index (χ2n) is 5.04. The van der Waals surface area contributed by atoms with Crippen molar-refractivity contribution in [1.29, 1.82) is 0 Å². The van der Waals surface area contributed by atoms with Crippen LogP contribution in [0, 0.1) is 0 Å². The minimum atomic E-state index is -3.31. The number of hydrogen-bond acceptors (Lipinski definition) is 2. The van der Waals surface area contributed by atoms with E-state index >= 15 is 0 Å². The Bertz CT molecular complexity index is 585. The number of nitrogens with zero attached hydrogens (tertiary/aromatic N) is 1. The number of hydrogen-bond donors (Lipinski definition) is 0. The third kappa shape index (κ3) is 2.51. The van der Waals surface area contributed by atoms with Crippen LogP contribution in [0.2, 0.25) is 0 Å². The van der Waals surface area contributed by atoms with Gasteiger partial charge in [-0.05, 0) is 31.4 Å². The van der Waals surface area contributed by atoms with Gasteiger partial charge in [0.15, 0.2) is 0 Å². The summed E-state index contributed by atoms with van der Waals surface area (Å²) in [5, 5.41) is 0. The van der Waals surface area contributed by atoms with Crippen molar-refractivity contribution in [2.45, 2.75) is 41.1 Å². The average Bonchev–Trinajstić information content (AvgIpc) is 3.08. The lowest BCUT2D eigenvalue weighted by atomic mass is 10.1. The first-order chi connectivity index (χ1) is 9.10. The predicted molar refractivity (Wildman–Crippen MR) is 78.7 cm³/mol. The van der Waals surface area contributed by atoms with Crippen LogP contribution in [0.25, 0.3) is 0 Å². The molecule has 2 aliphatic rings. The number of halogens is 1. The highest BCUT2D eigenvalue weighted by molar-refractivity contribution is 9.09. The minimum absolute atomic E-state index is 0.154. The number of benzene rings is 1. The van der Waals surface area contributed by atoms with E-state index in [1.807, 2.05) is 6.07 Å². The van der Waals surface area contributed by atoms with E-state index in [4.69, 9.17) is 0 Å². The normalized spacial score (nSPS) is 34.2. The SMILES string of the molecule is O=S(=O)(c1ccccc1)N1[C@@H]2CC[C@@H](Br)C=CC[C@@H]21. The van der Waals surface area contributed by atoms with E-state index in [-0.39, 0.29) is 12.1 Å². The van der Waals surface area contributed by atoms with Gasteiger partial charge in [0.1, 0.15) is 0 Å². The Labute approximate surface area is 122 Å². The van der Waals surface area contributed by atoms with Crippen molar-refractivity contribution in [3.05, 3.63) is 42.5 Å². The highest BCUT2D eigenvalue weighted by Crippen LogP contribution is 2.42. The molecule has 1 aliphatic carbocycles. The molecule has 0 spiro atoms. The summed E-state index contributed by atoms with van der Waals surface area (Å²) in [4.78, 5) is 0.774. The lowest BCUT2D eigenvalue weighted by Crippen LogP contribution is -2.15. The molecular formula is C14H16BrNO2S. The molecule has 1 aromatic carbocycles. The molecule has 0 bridgehead atoms. The maximum absolute atomic E-state index is 12.6. The Morgan fingerprint density at radius 1 is 1.11 bits per heavy atom. The topological polar surface area (TPSA) is 37.1 Å². The van der Waals surface area contributed by atoms with Gasteiger partial charge in [0.05, 0.1) is 4.90 Å². The van der Waals surface area contributed by atoms with Crippen LogP contribution in [-0.4, -0.2) is 29.6 Å². The van der Waals surface area contributed by atoms with Gasteiger partial charge in [-0.2, -0.15) is 4.31 Å². The summed E-state index contributed by atoms with van der Waals surface area (Å²) >= 11 is 3.58. The highest BCUT2D eigenvalue weighted by atomic mass is 79.9. The van der Waals surface area contributed by atoms with Crippen molar-refractivity contribution in [2.75, 3.05) is 0 Å². The first-order valence-electron chi connectivity index (χ1n) is 6.50. The fraction of sp³-hybridized carbons (Fsp3) is 0.429. The molecule has 3 rings (SSSR count). The number of alkyl halides is 1. The largest absolute Gasteiger partial charge is 0.243 e. The molecule has 1 aromatic rings. The van der Waals surface area contributed by atoms with Crippen LogP contribution >= 0.6 is 15.9 Å². The van der Waals surface area contributed by atoms with E-state index in [1.54, 1.807) is 28.6 Å². The van der Waals surface area contributed by atoms with E-state index < -0.39 is 10.0 Å². The van der Waals surface area contributed by atoms with Crippen LogP contribution in [0.5, 0.6) is 0 Å². The summed E-state index contributed by atoms with van der Waals surface area (Å²) in [6.45, 7) is 0. The van der Waals surface area contributed by atoms with Crippen molar-refractivity contribution in [1.82, 2.24) is 4.31 Å². The molecule has 0 aromatic heterocycles. The van der Waals surface area contributed by atoms with Gasteiger partial charge in [0.2, 0.25) is 10.0 Å². The molecule has 0 N–H and O–H groups in total. The number of allylic oxidation sites excluding steroid dienone is 1. The van der Waals surface area contributed by atoms with Crippen molar-refractivity contribution < 1.29 is 8.42 Å². The minimum Gasteiger partial charge on any atom is -0.207 e. The zero-order valence-corrected chi connectivity index (χ0v) is 12.8. The molecule has 19 heavy (non-hydrogen) atoms. The van der Waals surface area contributed by atoms with Gasteiger partial charge in [0.25, 0.3) is 0 Å². The third-order valence-corrected chi connectivity index (χ3v) is 6.52. The monoisotopic (exact) mass is 341 g/mol. The van der Waals surface area contributed by atoms with E-state index in [0.29, 0.717) is 9.72 Å².